The Hall–Kier alpha value is -2.36. The zero-order chi connectivity index (χ0) is 16.8. The van der Waals surface area contributed by atoms with E-state index in [0.29, 0.717) is 23.1 Å². The minimum atomic E-state index is -0.452. The Kier molecular flexibility index (Phi) is 5.74. The maximum absolute atomic E-state index is 12.5. The summed E-state index contributed by atoms with van der Waals surface area (Å²) in [5, 5.41) is 9.77. The van der Waals surface area contributed by atoms with Crippen LogP contribution in [-0.2, 0) is 16.0 Å². The molecule has 1 aliphatic heterocycles. The number of allylic oxidation sites excluding steroid dienone is 3. The van der Waals surface area contributed by atoms with Crippen LogP contribution in [0.4, 0.5) is 0 Å². The van der Waals surface area contributed by atoms with E-state index in [4.69, 9.17) is 4.74 Å². The molecule has 0 saturated heterocycles. The SMILES string of the molecule is Cc1cc(O)cc2c1C(=O)O[C@@H](C)C/C=C/CC/C=C/C(=O)C2. The number of aromatic hydroxyl groups is 1. The second-order valence-electron chi connectivity index (χ2n) is 5.84. The molecule has 0 unspecified atom stereocenters. The average molecular weight is 314 g/mol. The number of phenols is 1. The number of aryl methyl sites for hydroxylation is 1. The predicted molar refractivity (Wildman–Crippen MR) is 88.6 cm³/mol. The summed E-state index contributed by atoms with van der Waals surface area (Å²) in [6.45, 7) is 3.57. The first-order valence-electron chi connectivity index (χ1n) is 7.85. The lowest BCUT2D eigenvalue weighted by Gasteiger charge is -2.16. The molecule has 122 valence electrons. The van der Waals surface area contributed by atoms with Gasteiger partial charge in [0.15, 0.2) is 5.78 Å². The number of phenolic OH excluding ortho intramolecular Hbond substituents is 1. The van der Waals surface area contributed by atoms with E-state index in [1.54, 1.807) is 6.92 Å². The van der Waals surface area contributed by atoms with Crippen LogP contribution in [0.2, 0.25) is 0 Å². The van der Waals surface area contributed by atoms with Crippen molar-refractivity contribution in [3.63, 3.8) is 0 Å². The molecule has 1 atom stereocenters. The average Bonchev–Trinajstić information content (AvgIpc) is 2.44. The Balaban J connectivity index is 2.40. The number of fused-ring (bicyclic) bond motifs is 1. The van der Waals surface area contributed by atoms with E-state index in [2.05, 4.69) is 0 Å². The number of carbonyl (C=O) groups is 2. The van der Waals surface area contributed by atoms with Crippen molar-refractivity contribution in [1.29, 1.82) is 0 Å². The molecule has 0 fully saturated rings. The van der Waals surface area contributed by atoms with E-state index >= 15 is 0 Å². The Bertz CT molecular complexity index is 656. The van der Waals surface area contributed by atoms with Crippen molar-refractivity contribution >= 4 is 11.8 Å². The summed E-state index contributed by atoms with van der Waals surface area (Å²) < 4.78 is 5.48. The van der Waals surface area contributed by atoms with Gasteiger partial charge in [-0.2, -0.15) is 0 Å². The van der Waals surface area contributed by atoms with Gasteiger partial charge >= 0.3 is 5.97 Å². The van der Waals surface area contributed by atoms with Crippen molar-refractivity contribution in [3.05, 3.63) is 53.1 Å². The molecule has 0 aliphatic carbocycles. The van der Waals surface area contributed by atoms with Gasteiger partial charge in [-0.1, -0.05) is 18.2 Å². The highest BCUT2D eigenvalue weighted by atomic mass is 16.5. The summed E-state index contributed by atoms with van der Waals surface area (Å²) >= 11 is 0. The summed E-state index contributed by atoms with van der Waals surface area (Å²) in [4.78, 5) is 24.5. The third-order valence-corrected chi connectivity index (χ3v) is 3.72. The lowest BCUT2D eigenvalue weighted by atomic mass is 9.97. The van der Waals surface area contributed by atoms with Crippen molar-refractivity contribution < 1.29 is 19.4 Å². The van der Waals surface area contributed by atoms with Crippen LogP contribution < -0.4 is 0 Å². The molecule has 0 amide bonds. The monoisotopic (exact) mass is 314 g/mol. The van der Waals surface area contributed by atoms with E-state index in [0.717, 1.165) is 12.8 Å². The van der Waals surface area contributed by atoms with Crippen molar-refractivity contribution in [3.8, 4) is 5.75 Å². The molecule has 0 aromatic heterocycles. The molecular weight excluding hydrogens is 292 g/mol. The second-order valence-corrected chi connectivity index (χ2v) is 5.84. The van der Waals surface area contributed by atoms with Gasteiger partial charge in [0, 0.05) is 12.8 Å². The fourth-order valence-corrected chi connectivity index (χ4v) is 2.62. The molecule has 1 N–H and O–H groups in total. The largest absolute Gasteiger partial charge is 0.508 e. The summed E-state index contributed by atoms with van der Waals surface area (Å²) in [7, 11) is 0. The predicted octanol–water partition coefficient (Wildman–Crippen LogP) is 3.65. The third kappa shape index (κ3) is 4.81. The molecule has 0 radical (unpaired) electrons. The second kappa shape index (κ2) is 7.77. The molecule has 4 heteroatoms. The number of hydrogen-bond acceptors (Lipinski definition) is 4. The number of benzene rings is 1. The fraction of sp³-hybridized carbons (Fsp3) is 0.368. The lowest BCUT2D eigenvalue weighted by molar-refractivity contribution is -0.114. The maximum atomic E-state index is 12.5. The van der Waals surface area contributed by atoms with Crippen LogP contribution in [0.3, 0.4) is 0 Å². The quantitative estimate of drug-likeness (QED) is 0.586. The van der Waals surface area contributed by atoms with Crippen molar-refractivity contribution in [2.75, 3.05) is 0 Å². The van der Waals surface area contributed by atoms with Gasteiger partial charge in [-0.3, -0.25) is 4.79 Å². The molecule has 1 aliphatic rings. The van der Waals surface area contributed by atoms with Gasteiger partial charge in [0.05, 0.1) is 5.56 Å². The third-order valence-electron chi connectivity index (χ3n) is 3.72. The standard InChI is InChI=1S/C19H22O4/c1-13-10-17(21)12-15-11-16(20)9-7-5-3-4-6-8-14(2)23-19(22)18(13)15/h4,6-7,9-10,12,14,21H,3,5,8,11H2,1-2H3/b6-4+,9-7+/t14-/m0/s1. The number of ketones is 1. The van der Waals surface area contributed by atoms with Crippen molar-refractivity contribution in [2.24, 2.45) is 0 Å². The Labute approximate surface area is 136 Å². The van der Waals surface area contributed by atoms with Crippen LogP contribution in [0, 0.1) is 6.92 Å². The fourth-order valence-electron chi connectivity index (χ4n) is 2.62. The summed E-state index contributed by atoms with van der Waals surface area (Å²) in [5.74, 6) is -0.506. The normalized spacial score (nSPS) is 22.6. The lowest BCUT2D eigenvalue weighted by Crippen LogP contribution is -2.18. The van der Waals surface area contributed by atoms with Gasteiger partial charge < -0.3 is 9.84 Å². The van der Waals surface area contributed by atoms with E-state index in [9.17, 15) is 14.7 Å². The van der Waals surface area contributed by atoms with E-state index < -0.39 is 5.97 Å². The molecule has 4 nitrogen and oxygen atoms in total. The van der Waals surface area contributed by atoms with E-state index in [1.165, 1.54) is 18.2 Å². The molecule has 1 aromatic carbocycles. The Morgan fingerprint density at radius 1 is 1.13 bits per heavy atom. The first kappa shape index (κ1) is 17.0. The molecule has 1 heterocycles. The Morgan fingerprint density at radius 2 is 1.87 bits per heavy atom. The summed E-state index contributed by atoms with van der Waals surface area (Å²) in [5.41, 5.74) is 1.48. The number of rotatable bonds is 0. The smallest absolute Gasteiger partial charge is 0.338 e. The van der Waals surface area contributed by atoms with Gasteiger partial charge in [0.2, 0.25) is 0 Å². The molecule has 2 rings (SSSR count). The molecule has 0 saturated carbocycles. The van der Waals surface area contributed by atoms with Crippen molar-refractivity contribution in [1.82, 2.24) is 0 Å². The van der Waals surface area contributed by atoms with Gasteiger partial charge in [-0.25, -0.2) is 4.79 Å². The zero-order valence-corrected chi connectivity index (χ0v) is 13.5. The zero-order valence-electron chi connectivity index (χ0n) is 13.5. The highest BCUT2D eigenvalue weighted by molar-refractivity contribution is 5.97. The van der Waals surface area contributed by atoms with Gasteiger partial charge in [0.1, 0.15) is 11.9 Å². The molecule has 0 spiro atoms. The van der Waals surface area contributed by atoms with Crippen LogP contribution in [0.1, 0.15) is 47.7 Å². The van der Waals surface area contributed by atoms with Crippen LogP contribution in [0.25, 0.3) is 0 Å². The first-order chi connectivity index (χ1) is 11.0. The van der Waals surface area contributed by atoms with Gasteiger partial charge in [-0.15, -0.1) is 0 Å². The number of esters is 1. The highest BCUT2D eigenvalue weighted by Crippen LogP contribution is 2.24. The number of hydrogen-bond donors (Lipinski definition) is 1. The van der Waals surface area contributed by atoms with Crippen LogP contribution in [0.15, 0.2) is 36.4 Å². The molecule has 1 aromatic rings. The van der Waals surface area contributed by atoms with Gasteiger partial charge in [0.25, 0.3) is 0 Å². The Morgan fingerprint density at radius 3 is 2.65 bits per heavy atom. The highest BCUT2D eigenvalue weighted by Gasteiger charge is 2.20. The topological polar surface area (TPSA) is 63.6 Å². The first-order valence-corrected chi connectivity index (χ1v) is 7.85. The number of cyclic esters (lactones) is 1. The number of ether oxygens (including phenoxy) is 1. The molecule has 0 bridgehead atoms. The summed E-state index contributed by atoms with van der Waals surface area (Å²) in [6, 6.07) is 2.97. The van der Waals surface area contributed by atoms with Crippen molar-refractivity contribution in [2.45, 2.75) is 45.6 Å². The van der Waals surface area contributed by atoms with E-state index in [1.807, 2.05) is 25.2 Å². The van der Waals surface area contributed by atoms with Gasteiger partial charge in [-0.05, 0) is 56.0 Å². The minimum absolute atomic E-state index is 0.0444. The molecular formula is C19H22O4. The van der Waals surface area contributed by atoms with Crippen LogP contribution >= 0.6 is 0 Å². The summed E-state index contributed by atoms with van der Waals surface area (Å²) in [6.07, 6.45) is 9.53. The van der Waals surface area contributed by atoms with E-state index in [-0.39, 0.29) is 24.1 Å². The maximum Gasteiger partial charge on any atom is 0.338 e. The minimum Gasteiger partial charge on any atom is -0.508 e. The van der Waals surface area contributed by atoms with Crippen LogP contribution in [-0.4, -0.2) is 23.0 Å². The van der Waals surface area contributed by atoms with Crippen LogP contribution in [0.5, 0.6) is 5.75 Å². The molecule has 23 heavy (non-hydrogen) atoms. The number of carbonyl (C=O) groups excluding carboxylic acids is 2.